The molecule has 0 aliphatic heterocycles. The van der Waals surface area contributed by atoms with Crippen LogP contribution in [-0.2, 0) is 13.0 Å². The van der Waals surface area contributed by atoms with Crippen molar-refractivity contribution in [1.29, 1.82) is 0 Å². The molecule has 0 saturated heterocycles. The van der Waals surface area contributed by atoms with Crippen LogP contribution in [0.5, 0.6) is 5.75 Å². The van der Waals surface area contributed by atoms with Crippen LogP contribution < -0.4 is 4.74 Å². The van der Waals surface area contributed by atoms with E-state index in [0.29, 0.717) is 11.6 Å². The Morgan fingerprint density at radius 1 is 1.15 bits per heavy atom. The van der Waals surface area contributed by atoms with Gasteiger partial charge >= 0.3 is 0 Å². The van der Waals surface area contributed by atoms with Gasteiger partial charge in [0.15, 0.2) is 5.78 Å². The average Bonchev–Trinajstić information content (AvgIpc) is 2.46. The summed E-state index contributed by atoms with van der Waals surface area (Å²) < 4.78 is 5.75. The molecular formula is C17H17ClO2. The summed E-state index contributed by atoms with van der Waals surface area (Å²) in [6.07, 6.45) is 0.813. The minimum absolute atomic E-state index is 0.0890. The Labute approximate surface area is 124 Å². The van der Waals surface area contributed by atoms with Crippen LogP contribution in [0.4, 0.5) is 0 Å². The van der Waals surface area contributed by atoms with Crippen LogP contribution in [0, 0.1) is 0 Å². The second-order valence-electron chi connectivity index (χ2n) is 4.64. The van der Waals surface area contributed by atoms with Gasteiger partial charge in [-0.3, -0.25) is 4.79 Å². The van der Waals surface area contributed by atoms with E-state index in [1.165, 1.54) is 0 Å². The molecule has 2 aromatic carbocycles. The fourth-order valence-corrected chi connectivity index (χ4v) is 2.17. The maximum absolute atomic E-state index is 11.5. The molecule has 0 radical (unpaired) electrons. The average molecular weight is 289 g/mol. The third-order valence-electron chi connectivity index (χ3n) is 3.16. The van der Waals surface area contributed by atoms with Gasteiger partial charge in [0.2, 0.25) is 0 Å². The van der Waals surface area contributed by atoms with Gasteiger partial charge in [-0.25, -0.2) is 0 Å². The SMILES string of the molecule is CCc1cc(OCc2ccc(Cl)cc2)ccc1C(C)=O. The molecule has 0 N–H and O–H groups in total. The van der Waals surface area contributed by atoms with Crippen LogP contribution >= 0.6 is 11.6 Å². The van der Waals surface area contributed by atoms with Crippen LogP contribution in [0.3, 0.4) is 0 Å². The number of Topliss-reactive ketones (excluding diaryl/α,β-unsaturated/α-hetero) is 1. The Hall–Kier alpha value is -1.80. The van der Waals surface area contributed by atoms with Gasteiger partial charge in [0.1, 0.15) is 12.4 Å². The summed E-state index contributed by atoms with van der Waals surface area (Å²) in [7, 11) is 0. The van der Waals surface area contributed by atoms with Crippen LogP contribution in [-0.4, -0.2) is 5.78 Å². The number of rotatable bonds is 5. The molecule has 0 bridgehead atoms. The maximum atomic E-state index is 11.5. The highest BCUT2D eigenvalue weighted by molar-refractivity contribution is 6.30. The van der Waals surface area contributed by atoms with Gasteiger partial charge in [0.25, 0.3) is 0 Å². The summed E-state index contributed by atoms with van der Waals surface area (Å²) in [5, 5.41) is 0.716. The van der Waals surface area contributed by atoms with E-state index < -0.39 is 0 Å². The number of halogens is 1. The fourth-order valence-electron chi connectivity index (χ4n) is 2.04. The highest BCUT2D eigenvalue weighted by Gasteiger charge is 2.07. The van der Waals surface area contributed by atoms with Gasteiger partial charge in [-0.15, -0.1) is 0 Å². The third kappa shape index (κ3) is 3.61. The number of benzene rings is 2. The Bertz CT molecular complexity index is 603. The van der Waals surface area contributed by atoms with E-state index in [9.17, 15) is 4.79 Å². The minimum atomic E-state index is 0.0890. The summed E-state index contributed by atoms with van der Waals surface area (Å²) in [6.45, 7) is 4.10. The molecule has 0 amide bonds. The summed E-state index contributed by atoms with van der Waals surface area (Å²) in [5.41, 5.74) is 2.85. The number of carbonyl (C=O) groups excluding carboxylic acids is 1. The van der Waals surface area contributed by atoms with Crippen molar-refractivity contribution in [1.82, 2.24) is 0 Å². The summed E-state index contributed by atoms with van der Waals surface area (Å²) in [6, 6.07) is 13.2. The number of hydrogen-bond donors (Lipinski definition) is 0. The molecule has 0 aliphatic carbocycles. The van der Waals surface area contributed by atoms with Gasteiger partial charge in [0, 0.05) is 10.6 Å². The number of aryl methyl sites for hydroxylation is 1. The van der Waals surface area contributed by atoms with Crippen molar-refractivity contribution >= 4 is 17.4 Å². The Balaban J connectivity index is 2.10. The molecule has 20 heavy (non-hydrogen) atoms. The first kappa shape index (κ1) is 14.6. The van der Waals surface area contributed by atoms with E-state index in [-0.39, 0.29) is 5.78 Å². The Morgan fingerprint density at radius 3 is 2.45 bits per heavy atom. The van der Waals surface area contributed by atoms with E-state index in [0.717, 1.165) is 28.9 Å². The monoisotopic (exact) mass is 288 g/mol. The van der Waals surface area contributed by atoms with E-state index in [4.69, 9.17) is 16.3 Å². The van der Waals surface area contributed by atoms with Crippen molar-refractivity contribution < 1.29 is 9.53 Å². The number of hydrogen-bond acceptors (Lipinski definition) is 2. The lowest BCUT2D eigenvalue weighted by Gasteiger charge is -2.10. The smallest absolute Gasteiger partial charge is 0.160 e. The largest absolute Gasteiger partial charge is 0.489 e. The topological polar surface area (TPSA) is 26.3 Å². The minimum Gasteiger partial charge on any atom is -0.489 e. The van der Waals surface area contributed by atoms with Gasteiger partial charge < -0.3 is 4.74 Å². The van der Waals surface area contributed by atoms with Crippen LogP contribution in [0.25, 0.3) is 0 Å². The quantitative estimate of drug-likeness (QED) is 0.747. The van der Waals surface area contributed by atoms with Crippen LogP contribution in [0.15, 0.2) is 42.5 Å². The molecule has 0 aromatic heterocycles. The second kappa shape index (κ2) is 6.58. The molecule has 2 aromatic rings. The fraction of sp³-hybridized carbons (Fsp3) is 0.235. The lowest BCUT2D eigenvalue weighted by molar-refractivity contribution is 0.101. The summed E-state index contributed by atoms with van der Waals surface area (Å²) >= 11 is 5.84. The van der Waals surface area contributed by atoms with Crippen molar-refractivity contribution in [3.8, 4) is 5.75 Å². The van der Waals surface area contributed by atoms with Gasteiger partial charge in [-0.05, 0) is 54.8 Å². The van der Waals surface area contributed by atoms with E-state index >= 15 is 0 Å². The zero-order valence-corrected chi connectivity index (χ0v) is 12.4. The zero-order valence-electron chi connectivity index (χ0n) is 11.7. The first-order chi connectivity index (χ1) is 9.60. The molecule has 0 saturated carbocycles. The van der Waals surface area contributed by atoms with Crippen molar-refractivity contribution in [3.05, 3.63) is 64.2 Å². The molecule has 3 heteroatoms. The molecule has 0 atom stereocenters. The van der Waals surface area contributed by atoms with Crippen molar-refractivity contribution in [3.63, 3.8) is 0 Å². The molecule has 2 nitrogen and oxygen atoms in total. The summed E-state index contributed by atoms with van der Waals surface area (Å²) in [5.74, 6) is 0.868. The lowest BCUT2D eigenvalue weighted by atomic mass is 10.0. The zero-order chi connectivity index (χ0) is 14.5. The van der Waals surface area contributed by atoms with Crippen molar-refractivity contribution in [2.24, 2.45) is 0 Å². The van der Waals surface area contributed by atoms with Gasteiger partial charge in [-0.2, -0.15) is 0 Å². The molecule has 0 heterocycles. The van der Waals surface area contributed by atoms with Crippen molar-refractivity contribution in [2.75, 3.05) is 0 Å². The molecule has 0 spiro atoms. The first-order valence-electron chi connectivity index (χ1n) is 6.61. The lowest BCUT2D eigenvalue weighted by Crippen LogP contribution is -2.01. The van der Waals surface area contributed by atoms with Crippen molar-refractivity contribution in [2.45, 2.75) is 26.9 Å². The van der Waals surface area contributed by atoms with Crippen LogP contribution in [0.2, 0.25) is 5.02 Å². The number of carbonyl (C=O) groups is 1. The van der Waals surface area contributed by atoms with E-state index in [1.54, 1.807) is 6.92 Å². The Kier molecular flexibility index (Phi) is 4.80. The molecule has 0 unspecified atom stereocenters. The second-order valence-corrected chi connectivity index (χ2v) is 5.08. The third-order valence-corrected chi connectivity index (χ3v) is 3.41. The highest BCUT2D eigenvalue weighted by Crippen LogP contribution is 2.20. The molecule has 104 valence electrons. The maximum Gasteiger partial charge on any atom is 0.160 e. The molecule has 0 fully saturated rings. The predicted octanol–water partition coefficient (Wildman–Crippen LogP) is 4.68. The number of ketones is 1. The first-order valence-corrected chi connectivity index (χ1v) is 6.99. The normalized spacial score (nSPS) is 10.3. The van der Waals surface area contributed by atoms with Gasteiger partial charge in [0.05, 0.1) is 0 Å². The highest BCUT2D eigenvalue weighted by atomic mass is 35.5. The van der Waals surface area contributed by atoms with E-state index in [1.807, 2.05) is 49.4 Å². The predicted molar refractivity (Wildman–Crippen MR) is 81.6 cm³/mol. The standard InChI is InChI=1S/C17H17ClO2/c1-3-14-10-16(8-9-17(14)12(2)19)20-11-13-4-6-15(18)7-5-13/h4-10H,3,11H2,1-2H3. The van der Waals surface area contributed by atoms with Crippen LogP contribution in [0.1, 0.15) is 35.3 Å². The molecule has 0 aliphatic rings. The molecular weight excluding hydrogens is 272 g/mol. The van der Waals surface area contributed by atoms with Gasteiger partial charge in [-0.1, -0.05) is 30.7 Å². The number of ether oxygens (including phenoxy) is 1. The Morgan fingerprint density at radius 2 is 1.85 bits per heavy atom. The summed E-state index contributed by atoms with van der Waals surface area (Å²) in [4.78, 5) is 11.5. The van der Waals surface area contributed by atoms with E-state index in [2.05, 4.69) is 0 Å². The molecule has 2 rings (SSSR count).